The van der Waals surface area contributed by atoms with E-state index in [9.17, 15) is 14.4 Å². The third-order valence-electron chi connectivity index (χ3n) is 8.49. The van der Waals surface area contributed by atoms with E-state index in [4.69, 9.17) is 32.9 Å². The van der Waals surface area contributed by atoms with Gasteiger partial charge in [-0.05, 0) is 69.5 Å². The van der Waals surface area contributed by atoms with Crippen LogP contribution in [0.15, 0.2) is 65.8 Å². The van der Waals surface area contributed by atoms with Crippen LogP contribution in [0.4, 0.5) is 10.5 Å². The fourth-order valence-electron chi connectivity index (χ4n) is 6.22. The van der Waals surface area contributed by atoms with Gasteiger partial charge in [0.25, 0.3) is 5.56 Å². The Kier molecular flexibility index (Phi) is 9.75. The second kappa shape index (κ2) is 14.0. The molecule has 0 saturated carbocycles. The summed E-state index contributed by atoms with van der Waals surface area (Å²) >= 11 is 12.4. The fourth-order valence-corrected chi connectivity index (χ4v) is 6.52. The van der Waals surface area contributed by atoms with Gasteiger partial charge in [-0.25, -0.2) is 14.5 Å². The van der Waals surface area contributed by atoms with Crippen molar-refractivity contribution in [2.24, 2.45) is 0 Å². The van der Waals surface area contributed by atoms with Gasteiger partial charge < -0.3 is 19.9 Å². The highest BCUT2D eigenvalue weighted by Crippen LogP contribution is 2.31. The van der Waals surface area contributed by atoms with Crippen molar-refractivity contribution < 1.29 is 14.3 Å². The second-order valence-electron chi connectivity index (χ2n) is 13.1. The first-order chi connectivity index (χ1) is 23.0. The summed E-state index contributed by atoms with van der Waals surface area (Å²) in [5, 5.41) is 11.7. The lowest BCUT2D eigenvalue weighted by Crippen LogP contribution is -2.60. The molecule has 2 aliphatic rings. The Morgan fingerprint density at radius 2 is 1.83 bits per heavy atom. The molecular formula is C34H38Cl2N8O4. The van der Waals surface area contributed by atoms with Gasteiger partial charge in [0.1, 0.15) is 11.6 Å². The second-order valence-corrected chi connectivity index (χ2v) is 13.9. The molecule has 0 spiro atoms. The number of hydrogen-bond donors (Lipinski definition) is 1. The molecule has 2 aliphatic heterocycles. The molecule has 0 radical (unpaired) electrons. The third-order valence-corrected chi connectivity index (χ3v) is 8.90. The highest BCUT2D eigenvalue weighted by Gasteiger charge is 2.36. The molecule has 1 unspecified atom stereocenters. The number of benzene rings is 2. The molecule has 4 aromatic rings. The Morgan fingerprint density at radius 3 is 2.58 bits per heavy atom. The molecule has 1 N–H and O–H groups in total. The first-order valence-electron chi connectivity index (χ1n) is 16.1. The Balaban J connectivity index is 1.33. The molecule has 0 aliphatic carbocycles. The molecule has 252 valence electrons. The number of fused-ring (bicyclic) bond motifs is 4. The number of carbonyl (C=O) groups is 2. The number of rotatable bonds is 3. The van der Waals surface area contributed by atoms with Crippen LogP contribution in [-0.4, -0.2) is 79.3 Å². The number of nitrogens with zero attached hydrogens (tertiary/aromatic N) is 7. The molecule has 2 aromatic carbocycles. The van der Waals surface area contributed by atoms with Gasteiger partial charge in [-0.15, -0.1) is 5.10 Å². The number of carbonyl (C=O) groups excluding carboxylic acids is 2. The van der Waals surface area contributed by atoms with Crippen LogP contribution in [0.25, 0.3) is 16.9 Å². The van der Waals surface area contributed by atoms with Crippen LogP contribution in [0.5, 0.6) is 0 Å². The van der Waals surface area contributed by atoms with Crippen molar-refractivity contribution in [3.63, 3.8) is 0 Å². The van der Waals surface area contributed by atoms with Crippen molar-refractivity contribution in [3.8, 4) is 16.9 Å². The highest BCUT2D eigenvalue weighted by molar-refractivity contribution is 6.31. The summed E-state index contributed by atoms with van der Waals surface area (Å²) in [6.07, 6.45) is 5.91. The van der Waals surface area contributed by atoms with Crippen molar-refractivity contribution in [2.45, 2.75) is 64.1 Å². The Hall–Kier alpha value is -4.42. The topological polar surface area (TPSA) is 127 Å². The number of ether oxygens (including phenoxy) is 1. The quantitative estimate of drug-likeness (QED) is 0.298. The molecule has 6 rings (SSSR count). The number of amides is 2. The van der Waals surface area contributed by atoms with Crippen molar-refractivity contribution in [2.75, 3.05) is 31.1 Å². The van der Waals surface area contributed by atoms with Gasteiger partial charge in [0.05, 0.1) is 36.5 Å². The zero-order valence-corrected chi connectivity index (χ0v) is 28.6. The van der Waals surface area contributed by atoms with E-state index < -0.39 is 17.7 Å². The first-order valence-corrected chi connectivity index (χ1v) is 16.8. The molecule has 2 aromatic heterocycles. The standard InChI is InChI=1S/C34H38Cl2N8O4/c1-34(2,3)48-33(47)41-14-15-42-24-9-7-8-22(16-24)27(10-5-4-6-13-37-32(46)29(42)19-41)43-21-38-26(18-31(43)45)25-17-23(35)11-12-28(25)44-20-30(36)39-40-44/h7-9,11-12,16-18,20-21,27,29H,4-6,10,13-15,19H2,1-3H3,(H,37,46)/t27?,29-/m0/s1. The maximum atomic E-state index is 13.9. The first kappa shape index (κ1) is 33.5. The molecule has 1 fully saturated rings. The summed E-state index contributed by atoms with van der Waals surface area (Å²) < 4.78 is 8.80. The van der Waals surface area contributed by atoms with Gasteiger partial charge in [-0.3, -0.25) is 14.2 Å². The molecule has 2 bridgehead atoms. The molecular weight excluding hydrogens is 655 g/mol. The lowest BCUT2D eigenvalue weighted by atomic mass is 9.98. The fraction of sp³-hybridized carbons (Fsp3) is 0.412. The molecule has 2 atom stereocenters. The summed E-state index contributed by atoms with van der Waals surface area (Å²) in [5.74, 6) is -0.131. The van der Waals surface area contributed by atoms with Gasteiger partial charge in [0.2, 0.25) is 5.91 Å². The van der Waals surface area contributed by atoms with Gasteiger partial charge in [-0.2, -0.15) is 0 Å². The normalized spacial score (nSPS) is 19.0. The number of piperazine rings is 1. The smallest absolute Gasteiger partial charge is 0.410 e. The Labute approximate surface area is 288 Å². The highest BCUT2D eigenvalue weighted by atomic mass is 35.5. The molecule has 12 nitrogen and oxygen atoms in total. The molecule has 48 heavy (non-hydrogen) atoms. The van der Waals surface area contributed by atoms with E-state index in [1.165, 1.54) is 10.7 Å². The zero-order chi connectivity index (χ0) is 34.0. The van der Waals surface area contributed by atoms with Gasteiger partial charge in [0.15, 0.2) is 5.15 Å². The predicted octanol–water partition coefficient (Wildman–Crippen LogP) is 5.50. The lowest BCUT2D eigenvalue weighted by Gasteiger charge is -2.42. The van der Waals surface area contributed by atoms with E-state index in [1.54, 1.807) is 40.2 Å². The van der Waals surface area contributed by atoms with Crippen LogP contribution in [0.1, 0.15) is 58.1 Å². The van der Waals surface area contributed by atoms with Crippen molar-refractivity contribution in [1.29, 1.82) is 0 Å². The molecule has 2 amide bonds. The summed E-state index contributed by atoms with van der Waals surface area (Å²) in [6, 6.07) is 13.8. The number of nitrogens with one attached hydrogen (secondary N) is 1. The Bertz CT molecular complexity index is 1870. The maximum Gasteiger partial charge on any atom is 0.410 e. The molecule has 1 saturated heterocycles. The number of halogens is 2. The summed E-state index contributed by atoms with van der Waals surface area (Å²) in [7, 11) is 0. The molecule has 14 heteroatoms. The third kappa shape index (κ3) is 7.50. The van der Waals surface area contributed by atoms with Crippen molar-refractivity contribution in [1.82, 2.24) is 34.8 Å². The van der Waals surface area contributed by atoms with E-state index in [0.717, 1.165) is 30.5 Å². The number of hydrogen-bond acceptors (Lipinski definition) is 8. The van der Waals surface area contributed by atoms with Crippen LogP contribution in [0.2, 0.25) is 10.2 Å². The van der Waals surface area contributed by atoms with E-state index in [-0.39, 0.29) is 29.2 Å². The maximum absolute atomic E-state index is 13.9. The van der Waals surface area contributed by atoms with Crippen LogP contribution < -0.4 is 15.8 Å². The predicted molar refractivity (Wildman–Crippen MR) is 184 cm³/mol. The minimum absolute atomic E-state index is 0.131. The van der Waals surface area contributed by atoms with Crippen LogP contribution >= 0.6 is 23.2 Å². The van der Waals surface area contributed by atoms with Gasteiger partial charge in [0, 0.05) is 42.0 Å². The number of aromatic nitrogens is 5. The number of anilines is 1. The SMILES string of the molecule is CC(C)(C)OC(=O)N1CCN2c3cccc(c3)C(n3cnc(-c4cc(Cl)ccc4-n4cc(Cl)nn4)cc3=O)CCCCCNC(=O)[C@@H]2C1. The summed E-state index contributed by atoms with van der Waals surface area (Å²) in [4.78, 5) is 48.7. The Morgan fingerprint density at radius 1 is 1.00 bits per heavy atom. The van der Waals surface area contributed by atoms with E-state index in [1.807, 2.05) is 49.9 Å². The van der Waals surface area contributed by atoms with Gasteiger partial charge >= 0.3 is 6.09 Å². The monoisotopic (exact) mass is 692 g/mol. The minimum atomic E-state index is -0.641. The molecule has 4 heterocycles. The van der Waals surface area contributed by atoms with E-state index in [2.05, 4.69) is 15.6 Å². The van der Waals surface area contributed by atoms with E-state index in [0.29, 0.717) is 48.0 Å². The minimum Gasteiger partial charge on any atom is -0.444 e. The van der Waals surface area contributed by atoms with Gasteiger partial charge in [-0.1, -0.05) is 53.4 Å². The lowest BCUT2D eigenvalue weighted by molar-refractivity contribution is -0.123. The van der Waals surface area contributed by atoms with Crippen molar-refractivity contribution >= 4 is 40.9 Å². The zero-order valence-electron chi connectivity index (χ0n) is 27.1. The average Bonchev–Trinajstić information content (AvgIpc) is 3.49. The summed E-state index contributed by atoms with van der Waals surface area (Å²) in [5.41, 5.74) is 2.59. The van der Waals surface area contributed by atoms with Crippen molar-refractivity contribution in [3.05, 3.63) is 87.1 Å². The van der Waals surface area contributed by atoms with Crippen LogP contribution in [0, 0.1) is 0 Å². The van der Waals surface area contributed by atoms with Crippen LogP contribution in [-0.2, 0) is 9.53 Å². The van der Waals surface area contributed by atoms with E-state index >= 15 is 0 Å². The average molecular weight is 694 g/mol. The summed E-state index contributed by atoms with van der Waals surface area (Å²) in [6.45, 7) is 7.05. The van der Waals surface area contributed by atoms with Crippen LogP contribution in [0.3, 0.4) is 0 Å². The largest absolute Gasteiger partial charge is 0.444 e.